The Labute approximate surface area is 269 Å². The van der Waals surface area contributed by atoms with E-state index < -0.39 is 63.8 Å². The molecule has 1 heterocycles. The Morgan fingerprint density at radius 1 is 1.02 bits per heavy atom. The molecule has 1 aliphatic heterocycles. The number of anilines is 2. The van der Waals surface area contributed by atoms with E-state index in [2.05, 4.69) is 5.32 Å². The van der Waals surface area contributed by atoms with Crippen LogP contribution in [0.15, 0.2) is 77.2 Å². The van der Waals surface area contributed by atoms with Crippen molar-refractivity contribution in [2.75, 3.05) is 9.62 Å². The third-order valence-electron chi connectivity index (χ3n) is 9.38. The number of aromatic carboxylic acids is 1. The number of hydrogen-bond acceptors (Lipinski definition) is 5. The molecule has 2 aliphatic rings. The normalized spacial score (nSPS) is 22.6. The summed E-state index contributed by atoms with van der Waals surface area (Å²) in [6.45, 7) is 5.15. The number of aliphatic hydroxyl groups is 1. The Morgan fingerprint density at radius 3 is 2.23 bits per heavy atom. The average molecular weight is 675 g/mol. The summed E-state index contributed by atoms with van der Waals surface area (Å²) < 4.78 is 85.4. The molecular weight excluding hydrogens is 640 g/mol. The Balaban J connectivity index is 1.67. The molecule has 250 valence electrons. The van der Waals surface area contributed by atoms with Crippen LogP contribution in [0.1, 0.15) is 77.8 Å². The molecule has 1 unspecified atom stereocenters. The topological polar surface area (TPSA) is 124 Å². The van der Waals surface area contributed by atoms with E-state index >= 15 is 0 Å². The summed E-state index contributed by atoms with van der Waals surface area (Å²) in [4.78, 5) is 25.0. The molecule has 1 fully saturated rings. The summed E-state index contributed by atoms with van der Waals surface area (Å²) in [5.41, 5.74) is -2.26. The zero-order valence-electron chi connectivity index (χ0n) is 25.9. The molecule has 5 rings (SSSR count). The molecule has 0 saturated heterocycles. The summed E-state index contributed by atoms with van der Waals surface area (Å²) in [5.74, 6) is -2.47. The van der Waals surface area contributed by atoms with Crippen molar-refractivity contribution >= 4 is 33.3 Å². The van der Waals surface area contributed by atoms with E-state index in [1.54, 1.807) is 19.9 Å². The molecule has 1 spiro atoms. The Hall–Kier alpha value is -4.23. The fraction of sp³-hybridized carbons (Fsp3) is 0.353. The molecule has 47 heavy (non-hydrogen) atoms. The number of nitrogens with one attached hydrogen (secondary N) is 1. The maximum absolute atomic E-state index is 14.3. The van der Waals surface area contributed by atoms with Gasteiger partial charge in [-0.25, -0.2) is 17.6 Å². The highest BCUT2D eigenvalue weighted by atomic mass is 32.2. The van der Waals surface area contributed by atoms with Crippen LogP contribution in [0.5, 0.6) is 0 Å². The van der Waals surface area contributed by atoms with Crippen molar-refractivity contribution in [1.82, 2.24) is 0 Å². The smallest absolute Gasteiger partial charge is 0.417 e. The molecule has 8 nitrogen and oxygen atoms in total. The van der Waals surface area contributed by atoms with Crippen LogP contribution >= 0.6 is 0 Å². The minimum atomic E-state index is -4.91. The second-order valence-electron chi connectivity index (χ2n) is 12.4. The van der Waals surface area contributed by atoms with Crippen molar-refractivity contribution in [2.24, 2.45) is 0 Å². The molecule has 0 aromatic heterocycles. The van der Waals surface area contributed by atoms with Gasteiger partial charge in [-0.3, -0.25) is 9.10 Å². The maximum Gasteiger partial charge on any atom is 0.417 e. The fourth-order valence-electron chi connectivity index (χ4n) is 6.72. The molecule has 13 heteroatoms. The number of carbonyl (C=O) groups excluding carboxylic acids is 1. The van der Waals surface area contributed by atoms with E-state index in [0.717, 1.165) is 34.1 Å². The molecule has 1 saturated carbocycles. The van der Waals surface area contributed by atoms with Gasteiger partial charge >= 0.3 is 12.1 Å². The lowest BCUT2D eigenvalue weighted by Crippen LogP contribution is -2.55. The highest BCUT2D eigenvalue weighted by molar-refractivity contribution is 7.92. The van der Waals surface area contributed by atoms with E-state index in [1.165, 1.54) is 43.3 Å². The summed E-state index contributed by atoms with van der Waals surface area (Å²) in [5, 5.41) is 22.8. The van der Waals surface area contributed by atoms with E-state index in [1.807, 2.05) is 0 Å². The van der Waals surface area contributed by atoms with Crippen LogP contribution in [0.25, 0.3) is 0 Å². The first-order valence-corrected chi connectivity index (χ1v) is 16.4. The van der Waals surface area contributed by atoms with Crippen molar-refractivity contribution < 1.29 is 45.8 Å². The van der Waals surface area contributed by atoms with Crippen molar-refractivity contribution in [3.05, 3.63) is 100 Å². The van der Waals surface area contributed by atoms with Crippen molar-refractivity contribution in [1.29, 1.82) is 0 Å². The maximum atomic E-state index is 14.3. The average Bonchev–Trinajstić information content (AvgIpc) is 3.27. The van der Waals surface area contributed by atoms with Crippen molar-refractivity contribution in [2.45, 2.75) is 81.0 Å². The third-order valence-corrected chi connectivity index (χ3v) is 11.2. The summed E-state index contributed by atoms with van der Waals surface area (Å²) in [7, 11) is -4.40. The minimum Gasteiger partial charge on any atom is -0.478 e. The number of amides is 1. The minimum absolute atomic E-state index is 0.0150. The van der Waals surface area contributed by atoms with E-state index in [9.17, 15) is 45.8 Å². The number of alkyl halides is 3. The quantitative estimate of drug-likeness (QED) is 0.181. The summed E-state index contributed by atoms with van der Waals surface area (Å²) in [6.07, 6.45) is -4.86. The van der Waals surface area contributed by atoms with Gasteiger partial charge in [0.25, 0.3) is 15.9 Å². The lowest BCUT2D eigenvalue weighted by Gasteiger charge is -2.46. The molecule has 1 atom stereocenters. The Morgan fingerprint density at radius 2 is 1.66 bits per heavy atom. The second kappa shape index (κ2) is 12.1. The number of hydrogen-bond donors (Lipinski definition) is 3. The standard InChI is InChI=1S/C34H34F4N2O6S/c1-20(2)7-14-29-32(15-17-33(44,18-16-32)34(36,37)38)26-19-22(30(41)39-27-6-4-5-25(21(27)3)31(42)43)8-13-28(26)40(29)47(45,46)24-11-9-23(35)10-12-24/h4-13,19,29,44H,14-18H2,1-3H3,(H,39,41)(H,42,43). The molecule has 3 aromatic rings. The predicted octanol–water partition coefficient (Wildman–Crippen LogP) is 7.12. The van der Waals surface area contributed by atoms with Crippen LogP contribution in [0.3, 0.4) is 0 Å². The van der Waals surface area contributed by atoms with Gasteiger partial charge in [0, 0.05) is 16.7 Å². The van der Waals surface area contributed by atoms with Crippen LogP contribution in [0.4, 0.5) is 28.9 Å². The fourth-order valence-corrected chi connectivity index (χ4v) is 8.47. The van der Waals surface area contributed by atoms with Crippen LogP contribution in [0, 0.1) is 12.7 Å². The van der Waals surface area contributed by atoms with Crippen molar-refractivity contribution in [3.63, 3.8) is 0 Å². The zero-order valence-corrected chi connectivity index (χ0v) is 26.7. The molecule has 0 bridgehead atoms. The molecule has 0 radical (unpaired) electrons. The third kappa shape index (κ3) is 6.02. The van der Waals surface area contributed by atoms with E-state index in [0.29, 0.717) is 11.1 Å². The Bertz CT molecular complexity index is 1860. The number of carboxylic acid groups (broad SMARTS) is 1. The molecule has 1 amide bonds. The zero-order chi connectivity index (χ0) is 34.5. The number of carbonyl (C=O) groups is 2. The highest BCUT2D eigenvalue weighted by Crippen LogP contribution is 2.59. The number of carboxylic acids is 1. The predicted molar refractivity (Wildman–Crippen MR) is 168 cm³/mol. The van der Waals surface area contributed by atoms with Crippen LogP contribution in [-0.4, -0.2) is 48.3 Å². The number of rotatable bonds is 7. The van der Waals surface area contributed by atoms with Crippen molar-refractivity contribution in [3.8, 4) is 0 Å². The van der Waals surface area contributed by atoms with Gasteiger partial charge in [-0.2, -0.15) is 13.2 Å². The number of fused-ring (bicyclic) bond motifs is 2. The van der Waals surface area contributed by atoms with Gasteiger partial charge in [-0.05, 0) is 119 Å². The van der Waals surface area contributed by atoms with Crippen LogP contribution in [-0.2, 0) is 15.4 Å². The number of benzene rings is 3. The summed E-state index contributed by atoms with van der Waals surface area (Å²) in [6, 6.07) is 12.0. The van der Waals surface area contributed by atoms with E-state index in [-0.39, 0.29) is 46.7 Å². The monoisotopic (exact) mass is 674 g/mol. The first-order valence-electron chi connectivity index (χ1n) is 14.9. The molecule has 3 aromatic carbocycles. The lowest BCUT2D eigenvalue weighted by atomic mass is 9.62. The van der Waals surface area contributed by atoms with Gasteiger partial charge in [-0.15, -0.1) is 0 Å². The first kappa shape index (κ1) is 34.1. The number of allylic oxidation sites excluding steroid dienone is 1. The Kier molecular flexibility index (Phi) is 8.78. The SMILES string of the molecule is CC(C)=CCC1N(S(=O)(=O)c2ccc(F)cc2)c2ccc(C(=O)Nc3cccc(C(=O)O)c3C)cc2C12CCC(O)(C(F)(F)F)CC2. The number of nitrogens with zero attached hydrogens (tertiary/aromatic N) is 1. The van der Waals surface area contributed by atoms with Gasteiger partial charge in [0.1, 0.15) is 5.82 Å². The van der Waals surface area contributed by atoms with Gasteiger partial charge < -0.3 is 15.5 Å². The molecular formula is C34H34F4N2O6S. The van der Waals surface area contributed by atoms with Crippen LogP contribution < -0.4 is 9.62 Å². The lowest BCUT2D eigenvalue weighted by molar-refractivity contribution is -0.273. The van der Waals surface area contributed by atoms with Gasteiger partial charge in [-0.1, -0.05) is 17.7 Å². The van der Waals surface area contributed by atoms with Crippen LogP contribution in [0.2, 0.25) is 0 Å². The molecule has 1 aliphatic carbocycles. The van der Waals surface area contributed by atoms with Gasteiger partial charge in [0.15, 0.2) is 5.60 Å². The first-order chi connectivity index (χ1) is 21.9. The van der Waals surface area contributed by atoms with Gasteiger partial charge in [0.2, 0.25) is 0 Å². The van der Waals surface area contributed by atoms with Gasteiger partial charge in [0.05, 0.1) is 22.2 Å². The second-order valence-corrected chi connectivity index (χ2v) is 14.3. The molecule has 3 N–H and O–H groups in total. The number of halogens is 4. The number of sulfonamides is 1. The van der Waals surface area contributed by atoms with E-state index in [4.69, 9.17) is 0 Å². The largest absolute Gasteiger partial charge is 0.478 e. The highest BCUT2D eigenvalue weighted by Gasteiger charge is 2.62. The summed E-state index contributed by atoms with van der Waals surface area (Å²) >= 11 is 0.